The standard InChI is InChI=1S/C29H25N5O2/c35-28(23-19-30-25-13-7-8-16-34(25)29(23)36)32-17-18-33-24(20-32)27(22-11-5-2-6-12-22)31-26(33)15-14-21-9-3-1-4-10-21/h1-13,16,19H,14-15,17-18,20H2. The molecule has 0 radical (unpaired) electrons. The van der Waals surface area contributed by atoms with Crippen LogP contribution in [0.15, 0.2) is 96.1 Å². The molecule has 0 spiro atoms. The molecule has 7 heteroatoms. The lowest BCUT2D eigenvalue weighted by Gasteiger charge is -2.29. The Labute approximate surface area is 208 Å². The SMILES string of the molecule is O=C(c1cnc2ccccn2c1=O)N1CCn2c(CCc3ccccc3)nc(-c3ccccc3)c2C1. The van der Waals surface area contributed by atoms with Crippen molar-refractivity contribution in [1.82, 2.24) is 23.8 Å². The molecule has 0 atom stereocenters. The van der Waals surface area contributed by atoms with Gasteiger partial charge in [-0.05, 0) is 24.1 Å². The van der Waals surface area contributed by atoms with E-state index in [4.69, 9.17) is 4.98 Å². The summed E-state index contributed by atoms with van der Waals surface area (Å²) in [4.78, 5) is 37.6. The van der Waals surface area contributed by atoms with E-state index in [1.54, 1.807) is 23.2 Å². The Bertz CT molecular complexity index is 1610. The number of amides is 1. The third-order valence-electron chi connectivity index (χ3n) is 6.74. The lowest BCUT2D eigenvalue weighted by molar-refractivity contribution is 0.0708. The molecule has 1 amide bonds. The van der Waals surface area contributed by atoms with Crippen molar-refractivity contribution in [3.8, 4) is 11.3 Å². The van der Waals surface area contributed by atoms with Crippen LogP contribution in [0.1, 0.15) is 27.4 Å². The average molecular weight is 476 g/mol. The molecule has 0 aliphatic carbocycles. The molecular formula is C29H25N5O2. The summed E-state index contributed by atoms with van der Waals surface area (Å²) in [6.07, 6.45) is 4.75. The van der Waals surface area contributed by atoms with Crippen molar-refractivity contribution in [2.45, 2.75) is 25.9 Å². The van der Waals surface area contributed by atoms with Crippen LogP contribution in [0, 0.1) is 0 Å². The third kappa shape index (κ3) is 3.98. The highest BCUT2D eigenvalue weighted by Crippen LogP contribution is 2.29. The molecule has 7 nitrogen and oxygen atoms in total. The van der Waals surface area contributed by atoms with Crippen LogP contribution in [0.3, 0.4) is 0 Å². The molecular weight excluding hydrogens is 450 g/mol. The lowest BCUT2D eigenvalue weighted by atomic mass is 10.1. The maximum Gasteiger partial charge on any atom is 0.270 e. The molecule has 0 saturated carbocycles. The van der Waals surface area contributed by atoms with E-state index in [1.165, 1.54) is 16.2 Å². The van der Waals surface area contributed by atoms with Crippen LogP contribution < -0.4 is 5.56 Å². The fourth-order valence-electron chi connectivity index (χ4n) is 4.88. The number of aromatic nitrogens is 4. The average Bonchev–Trinajstić information content (AvgIpc) is 3.31. The summed E-state index contributed by atoms with van der Waals surface area (Å²) in [5.41, 5.74) is 4.43. The molecule has 3 aromatic heterocycles. The Hall–Kier alpha value is -4.52. The second kappa shape index (κ2) is 9.26. The van der Waals surface area contributed by atoms with Gasteiger partial charge in [-0.2, -0.15) is 0 Å². The third-order valence-corrected chi connectivity index (χ3v) is 6.74. The Morgan fingerprint density at radius 1 is 0.861 bits per heavy atom. The van der Waals surface area contributed by atoms with Gasteiger partial charge in [0.15, 0.2) is 0 Å². The minimum absolute atomic E-state index is 0.0808. The Morgan fingerprint density at radius 3 is 2.42 bits per heavy atom. The van der Waals surface area contributed by atoms with Crippen molar-refractivity contribution in [1.29, 1.82) is 0 Å². The Morgan fingerprint density at radius 2 is 1.61 bits per heavy atom. The zero-order valence-corrected chi connectivity index (χ0v) is 19.7. The molecule has 5 aromatic rings. The van der Waals surface area contributed by atoms with Crippen molar-refractivity contribution in [2.75, 3.05) is 6.54 Å². The van der Waals surface area contributed by atoms with Gasteiger partial charge in [0.25, 0.3) is 11.5 Å². The first-order valence-corrected chi connectivity index (χ1v) is 12.1. The summed E-state index contributed by atoms with van der Waals surface area (Å²) < 4.78 is 3.67. The first-order chi connectivity index (χ1) is 17.7. The van der Waals surface area contributed by atoms with Crippen molar-refractivity contribution in [2.24, 2.45) is 0 Å². The number of rotatable bonds is 5. The predicted octanol–water partition coefficient (Wildman–Crippen LogP) is 4.00. The summed E-state index contributed by atoms with van der Waals surface area (Å²) in [5, 5.41) is 0. The van der Waals surface area contributed by atoms with Gasteiger partial charge in [0.05, 0.1) is 17.9 Å². The highest BCUT2D eigenvalue weighted by Gasteiger charge is 2.29. The molecule has 0 N–H and O–H groups in total. The quantitative estimate of drug-likeness (QED) is 0.385. The van der Waals surface area contributed by atoms with Gasteiger partial charge >= 0.3 is 0 Å². The minimum Gasteiger partial charge on any atom is -0.331 e. The second-order valence-corrected chi connectivity index (χ2v) is 8.96. The monoisotopic (exact) mass is 475 g/mol. The molecule has 0 saturated heterocycles. The number of aryl methyl sites for hydroxylation is 2. The number of nitrogens with zero attached hydrogens (tertiary/aromatic N) is 5. The van der Waals surface area contributed by atoms with Gasteiger partial charge < -0.3 is 9.47 Å². The van der Waals surface area contributed by atoms with Gasteiger partial charge in [-0.1, -0.05) is 66.7 Å². The van der Waals surface area contributed by atoms with E-state index in [2.05, 4.69) is 33.8 Å². The molecule has 1 aliphatic heterocycles. The molecule has 0 fully saturated rings. The lowest BCUT2D eigenvalue weighted by Crippen LogP contribution is -2.41. The number of imidazole rings is 1. The summed E-state index contributed by atoms with van der Waals surface area (Å²) >= 11 is 0. The van der Waals surface area contributed by atoms with E-state index in [-0.39, 0.29) is 17.0 Å². The smallest absolute Gasteiger partial charge is 0.270 e. The van der Waals surface area contributed by atoms with Crippen LogP contribution in [0.2, 0.25) is 0 Å². The second-order valence-electron chi connectivity index (χ2n) is 8.96. The topological polar surface area (TPSA) is 72.5 Å². The number of fused-ring (bicyclic) bond motifs is 2. The number of pyridine rings is 1. The molecule has 4 heterocycles. The number of carbonyl (C=O) groups excluding carboxylic acids is 1. The van der Waals surface area contributed by atoms with Gasteiger partial charge in [0.2, 0.25) is 0 Å². The number of benzene rings is 2. The summed E-state index contributed by atoms with van der Waals surface area (Å²) in [6, 6.07) is 25.8. The number of hydrogen-bond acceptors (Lipinski definition) is 4. The molecule has 6 rings (SSSR count). The largest absolute Gasteiger partial charge is 0.331 e. The van der Waals surface area contributed by atoms with Crippen LogP contribution in [0.5, 0.6) is 0 Å². The Balaban J connectivity index is 1.34. The first kappa shape index (κ1) is 22.0. The van der Waals surface area contributed by atoms with E-state index in [1.807, 2.05) is 42.5 Å². The van der Waals surface area contributed by atoms with Crippen molar-refractivity contribution < 1.29 is 4.79 Å². The summed E-state index contributed by atoms with van der Waals surface area (Å²) in [5.74, 6) is 0.718. The van der Waals surface area contributed by atoms with Crippen molar-refractivity contribution in [3.05, 3.63) is 124 Å². The minimum atomic E-state index is -0.350. The van der Waals surface area contributed by atoms with Crippen LogP contribution in [-0.2, 0) is 25.9 Å². The molecule has 0 unspecified atom stereocenters. The highest BCUT2D eigenvalue weighted by atomic mass is 16.2. The fourth-order valence-corrected chi connectivity index (χ4v) is 4.88. The fraction of sp³-hybridized carbons (Fsp3) is 0.172. The van der Waals surface area contributed by atoms with E-state index in [0.717, 1.165) is 35.6 Å². The zero-order valence-electron chi connectivity index (χ0n) is 19.7. The zero-order chi connectivity index (χ0) is 24.5. The van der Waals surface area contributed by atoms with E-state index >= 15 is 0 Å². The van der Waals surface area contributed by atoms with Gasteiger partial charge in [0.1, 0.15) is 17.0 Å². The molecule has 1 aliphatic rings. The number of hydrogen-bond donors (Lipinski definition) is 0. The summed E-state index contributed by atoms with van der Waals surface area (Å²) in [6.45, 7) is 1.53. The van der Waals surface area contributed by atoms with Gasteiger partial charge in [-0.25, -0.2) is 9.97 Å². The Kier molecular flexibility index (Phi) is 5.65. The first-order valence-electron chi connectivity index (χ1n) is 12.1. The van der Waals surface area contributed by atoms with Gasteiger partial charge in [-0.15, -0.1) is 0 Å². The van der Waals surface area contributed by atoms with Gasteiger partial charge in [-0.3, -0.25) is 14.0 Å². The van der Waals surface area contributed by atoms with Crippen LogP contribution in [-0.4, -0.2) is 36.3 Å². The van der Waals surface area contributed by atoms with Crippen molar-refractivity contribution >= 4 is 11.6 Å². The molecule has 2 aromatic carbocycles. The summed E-state index contributed by atoms with van der Waals surface area (Å²) in [7, 11) is 0. The highest BCUT2D eigenvalue weighted by molar-refractivity contribution is 5.94. The molecule has 0 bridgehead atoms. The normalized spacial score (nSPS) is 13.1. The van der Waals surface area contributed by atoms with E-state index in [9.17, 15) is 9.59 Å². The van der Waals surface area contributed by atoms with Crippen LogP contribution in [0.25, 0.3) is 16.9 Å². The predicted molar refractivity (Wildman–Crippen MR) is 138 cm³/mol. The van der Waals surface area contributed by atoms with E-state index < -0.39 is 0 Å². The van der Waals surface area contributed by atoms with Crippen LogP contribution in [0.4, 0.5) is 0 Å². The maximum atomic E-state index is 13.5. The maximum absolute atomic E-state index is 13.5. The molecule has 36 heavy (non-hydrogen) atoms. The molecule has 178 valence electrons. The van der Waals surface area contributed by atoms with Crippen LogP contribution >= 0.6 is 0 Å². The van der Waals surface area contributed by atoms with Gasteiger partial charge in [0, 0.05) is 37.5 Å². The number of carbonyl (C=O) groups is 1. The van der Waals surface area contributed by atoms with Crippen molar-refractivity contribution in [3.63, 3.8) is 0 Å². The van der Waals surface area contributed by atoms with E-state index in [0.29, 0.717) is 25.3 Å².